The van der Waals surface area contributed by atoms with Gasteiger partial charge in [-0.1, -0.05) is 146 Å². The topological polar surface area (TPSA) is 43.6 Å². The van der Waals surface area contributed by atoms with E-state index >= 15 is 0 Å². The Morgan fingerprint density at radius 3 is 1.44 bits per heavy atom. The first-order chi connectivity index (χ1) is 27.2. The van der Waals surface area contributed by atoms with Gasteiger partial charge in [-0.2, -0.15) is 0 Å². The molecule has 11 rings (SSSR count). The minimum Gasteiger partial charge on any atom is -0.309 e. The van der Waals surface area contributed by atoms with Crippen LogP contribution in [0.5, 0.6) is 0 Å². The molecular formula is C51H32N4. The second-order valence-electron chi connectivity index (χ2n) is 14.1. The lowest BCUT2D eigenvalue weighted by molar-refractivity contribution is 1.07. The maximum Gasteiger partial charge on any atom is 0.164 e. The highest BCUT2D eigenvalue weighted by Crippen LogP contribution is 2.39. The van der Waals surface area contributed by atoms with Crippen LogP contribution in [-0.4, -0.2) is 19.5 Å². The zero-order valence-electron chi connectivity index (χ0n) is 29.8. The van der Waals surface area contributed by atoms with Crippen LogP contribution in [0.2, 0.25) is 0 Å². The summed E-state index contributed by atoms with van der Waals surface area (Å²) in [4.78, 5) is 14.8. The van der Waals surface area contributed by atoms with Gasteiger partial charge in [0.2, 0.25) is 0 Å². The quantitative estimate of drug-likeness (QED) is 0.168. The van der Waals surface area contributed by atoms with E-state index in [-0.39, 0.29) is 0 Å². The van der Waals surface area contributed by atoms with Crippen molar-refractivity contribution in [3.05, 3.63) is 194 Å². The largest absolute Gasteiger partial charge is 0.309 e. The van der Waals surface area contributed by atoms with Crippen LogP contribution in [0.3, 0.4) is 0 Å². The van der Waals surface area contributed by atoms with E-state index in [1.165, 1.54) is 65.3 Å². The summed E-state index contributed by atoms with van der Waals surface area (Å²) in [5, 5.41) is 10.0. The zero-order chi connectivity index (χ0) is 36.3. The van der Waals surface area contributed by atoms with Crippen molar-refractivity contribution >= 4 is 54.1 Å². The van der Waals surface area contributed by atoms with Crippen molar-refractivity contribution in [2.45, 2.75) is 0 Å². The number of hydrogen-bond donors (Lipinski definition) is 0. The van der Waals surface area contributed by atoms with E-state index in [0.717, 1.165) is 22.4 Å². The number of rotatable bonds is 5. The number of nitrogens with zero attached hydrogens (tertiary/aromatic N) is 4. The Kier molecular flexibility index (Phi) is 7.14. The highest BCUT2D eigenvalue weighted by molar-refractivity contribution is 6.21. The Labute approximate surface area is 317 Å². The fourth-order valence-corrected chi connectivity index (χ4v) is 8.15. The smallest absolute Gasteiger partial charge is 0.164 e. The summed E-state index contributed by atoms with van der Waals surface area (Å²) in [6.07, 6.45) is 0. The lowest BCUT2D eigenvalue weighted by Gasteiger charge is -2.11. The van der Waals surface area contributed by atoms with Gasteiger partial charge in [0.25, 0.3) is 0 Å². The number of hydrogen-bond acceptors (Lipinski definition) is 3. The van der Waals surface area contributed by atoms with Crippen LogP contribution in [0, 0.1) is 0 Å². The second kappa shape index (κ2) is 12.6. The average Bonchev–Trinajstić information content (AvgIpc) is 3.61. The first-order valence-corrected chi connectivity index (χ1v) is 18.6. The first kappa shape index (κ1) is 31.1. The Morgan fingerprint density at radius 2 is 0.764 bits per heavy atom. The highest BCUT2D eigenvalue weighted by Gasteiger charge is 2.17. The van der Waals surface area contributed by atoms with Gasteiger partial charge in [-0.3, -0.25) is 0 Å². The van der Waals surface area contributed by atoms with Crippen molar-refractivity contribution in [3.63, 3.8) is 0 Å². The SMILES string of the molecule is c1ccc(-c2nc(-c3ccccc3)nc(-c3ccc(-n4c5ccccc5c5c6ccc(-c7ccc8c(ccc9ccccc98)c7)cc6ccc54)cc3)n2)cc1. The van der Waals surface area contributed by atoms with Gasteiger partial charge >= 0.3 is 0 Å². The van der Waals surface area contributed by atoms with Gasteiger partial charge in [-0.25, -0.2) is 15.0 Å². The van der Waals surface area contributed by atoms with Gasteiger partial charge < -0.3 is 4.57 Å². The summed E-state index contributed by atoms with van der Waals surface area (Å²) >= 11 is 0. The first-order valence-electron chi connectivity index (χ1n) is 18.6. The van der Waals surface area contributed by atoms with Gasteiger partial charge in [0.15, 0.2) is 17.5 Å². The molecule has 0 aliphatic carbocycles. The monoisotopic (exact) mass is 700 g/mol. The van der Waals surface area contributed by atoms with E-state index in [4.69, 9.17) is 15.0 Å². The van der Waals surface area contributed by atoms with Gasteiger partial charge in [0.1, 0.15) is 0 Å². The van der Waals surface area contributed by atoms with Crippen molar-refractivity contribution in [1.29, 1.82) is 0 Å². The summed E-state index contributed by atoms with van der Waals surface area (Å²) in [5.74, 6) is 1.95. The summed E-state index contributed by atoms with van der Waals surface area (Å²) in [7, 11) is 0. The molecule has 0 aliphatic heterocycles. The lowest BCUT2D eigenvalue weighted by atomic mass is 9.95. The predicted molar refractivity (Wildman–Crippen MR) is 228 cm³/mol. The molecule has 0 spiro atoms. The number of aromatic nitrogens is 4. The van der Waals surface area contributed by atoms with Crippen LogP contribution in [-0.2, 0) is 0 Å². The number of fused-ring (bicyclic) bond motifs is 8. The van der Waals surface area contributed by atoms with Crippen molar-refractivity contribution < 1.29 is 0 Å². The van der Waals surface area contributed by atoms with Gasteiger partial charge in [0.05, 0.1) is 11.0 Å². The molecule has 0 bridgehead atoms. The fraction of sp³-hybridized carbons (Fsp3) is 0. The third-order valence-corrected chi connectivity index (χ3v) is 10.8. The zero-order valence-corrected chi connectivity index (χ0v) is 29.8. The molecular weight excluding hydrogens is 669 g/mol. The van der Waals surface area contributed by atoms with Crippen LogP contribution in [0.1, 0.15) is 0 Å². The molecule has 11 aromatic rings. The standard InChI is InChI=1S/C51H32N4/c1-3-12-34(13-4-1)49-52-50(35-14-5-2-6-15-35)54-51(53-49)36-21-26-41(27-22-36)55-46-18-10-9-17-45(46)48-44-29-24-38(32-40(44)25-30-47(48)55)37-23-28-43-39(31-37)20-19-33-11-7-8-16-42(33)43/h1-32H. The van der Waals surface area contributed by atoms with Crippen LogP contribution >= 0.6 is 0 Å². The maximum absolute atomic E-state index is 4.95. The molecule has 0 saturated carbocycles. The summed E-state index contributed by atoms with van der Waals surface area (Å²) in [6, 6.07) is 68.8. The number of para-hydroxylation sites is 1. The molecule has 4 heteroatoms. The van der Waals surface area contributed by atoms with E-state index in [2.05, 4.69) is 138 Å². The normalized spacial score (nSPS) is 11.6. The molecule has 2 aromatic heterocycles. The third kappa shape index (κ3) is 5.26. The van der Waals surface area contributed by atoms with E-state index < -0.39 is 0 Å². The molecule has 0 fully saturated rings. The van der Waals surface area contributed by atoms with Crippen LogP contribution < -0.4 is 0 Å². The lowest BCUT2D eigenvalue weighted by Crippen LogP contribution is -2.00. The van der Waals surface area contributed by atoms with Crippen LogP contribution in [0.4, 0.5) is 0 Å². The van der Waals surface area contributed by atoms with E-state index in [1.807, 2.05) is 60.7 Å². The summed E-state index contributed by atoms with van der Waals surface area (Å²) in [5.41, 5.74) is 8.69. The molecule has 0 saturated heterocycles. The molecule has 9 aromatic carbocycles. The van der Waals surface area contributed by atoms with E-state index in [1.54, 1.807) is 0 Å². The third-order valence-electron chi connectivity index (χ3n) is 10.8. The number of benzene rings is 9. The van der Waals surface area contributed by atoms with Gasteiger partial charge in [-0.05, 0) is 92.0 Å². The predicted octanol–water partition coefficient (Wildman–Crippen LogP) is 13.1. The summed E-state index contributed by atoms with van der Waals surface area (Å²) in [6.45, 7) is 0. The average molecular weight is 701 g/mol. The molecule has 0 atom stereocenters. The molecule has 55 heavy (non-hydrogen) atoms. The molecule has 0 amide bonds. The van der Waals surface area contributed by atoms with Gasteiger partial charge in [0, 0.05) is 33.2 Å². The Balaban J connectivity index is 1.01. The Hall–Kier alpha value is -7.43. The molecule has 0 radical (unpaired) electrons. The van der Waals surface area contributed by atoms with E-state index in [0.29, 0.717) is 17.5 Å². The van der Waals surface area contributed by atoms with Crippen LogP contribution in [0.25, 0.3) is 105 Å². The molecule has 256 valence electrons. The van der Waals surface area contributed by atoms with Crippen molar-refractivity contribution in [1.82, 2.24) is 19.5 Å². The van der Waals surface area contributed by atoms with Crippen molar-refractivity contribution in [2.24, 2.45) is 0 Å². The Morgan fingerprint density at radius 1 is 0.291 bits per heavy atom. The molecule has 0 N–H and O–H groups in total. The molecule has 4 nitrogen and oxygen atoms in total. The minimum atomic E-state index is 0.642. The van der Waals surface area contributed by atoms with Gasteiger partial charge in [-0.15, -0.1) is 0 Å². The highest BCUT2D eigenvalue weighted by atomic mass is 15.0. The van der Waals surface area contributed by atoms with E-state index in [9.17, 15) is 0 Å². The van der Waals surface area contributed by atoms with Crippen molar-refractivity contribution in [2.75, 3.05) is 0 Å². The Bertz CT molecular complexity index is 3180. The minimum absolute atomic E-state index is 0.642. The maximum atomic E-state index is 4.95. The second-order valence-corrected chi connectivity index (χ2v) is 14.1. The summed E-state index contributed by atoms with van der Waals surface area (Å²) < 4.78 is 2.37. The molecule has 0 unspecified atom stereocenters. The molecule has 0 aliphatic rings. The van der Waals surface area contributed by atoms with Crippen LogP contribution in [0.15, 0.2) is 194 Å². The molecule has 2 heterocycles. The van der Waals surface area contributed by atoms with Crippen molar-refractivity contribution in [3.8, 4) is 51.0 Å². The fourth-order valence-electron chi connectivity index (χ4n) is 8.15.